The third-order valence-electron chi connectivity index (χ3n) is 4.88. The number of aromatic hydroxyl groups is 1. The van der Waals surface area contributed by atoms with Crippen LogP contribution >= 0.6 is 11.6 Å². The van der Waals surface area contributed by atoms with Gasteiger partial charge in [-0.15, -0.1) is 0 Å². The van der Waals surface area contributed by atoms with E-state index in [1.54, 1.807) is 18.3 Å². The number of nitrogens with one attached hydrogen (secondary N) is 1. The van der Waals surface area contributed by atoms with Crippen LogP contribution in [-0.2, 0) is 0 Å². The Balaban J connectivity index is 1.57. The van der Waals surface area contributed by atoms with Gasteiger partial charge in [0, 0.05) is 17.3 Å². The van der Waals surface area contributed by atoms with Crippen LogP contribution in [0.25, 0.3) is 33.2 Å². The molecule has 0 radical (unpaired) electrons. The van der Waals surface area contributed by atoms with Crippen LogP contribution in [0.2, 0.25) is 5.02 Å². The second-order valence-electron chi connectivity index (χ2n) is 6.74. The molecule has 5 heteroatoms. The van der Waals surface area contributed by atoms with E-state index >= 15 is 0 Å². The molecule has 2 N–H and O–H groups in total. The first-order chi connectivity index (χ1) is 14.2. The van der Waals surface area contributed by atoms with E-state index in [0.717, 1.165) is 33.1 Å². The number of rotatable bonds is 3. The Kier molecular flexibility index (Phi) is 4.26. The number of hydrogen-bond acceptors (Lipinski definition) is 3. The van der Waals surface area contributed by atoms with Crippen molar-refractivity contribution in [2.45, 2.75) is 0 Å². The number of nitrogens with zero attached hydrogens (tertiary/aromatic N) is 2. The lowest BCUT2D eigenvalue weighted by Gasteiger charge is -2.05. The fourth-order valence-corrected chi connectivity index (χ4v) is 3.62. The Hall–Kier alpha value is -3.63. The monoisotopic (exact) mass is 397 g/mol. The van der Waals surface area contributed by atoms with Gasteiger partial charge in [-0.25, -0.2) is 4.98 Å². The first kappa shape index (κ1) is 17.5. The fraction of sp³-hybridized carbons (Fsp3) is 0. The summed E-state index contributed by atoms with van der Waals surface area (Å²) < 4.78 is 0. The zero-order valence-electron chi connectivity index (χ0n) is 15.3. The Morgan fingerprint density at radius 3 is 2.66 bits per heavy atom. The molecule has 0 unspecified atom stereocenters. The summed E-state index contributed by atoms with van der Waals surface area (Å²) in [5.41, 5.74) is 4.02. The van der Waals surface area contributed by atoms with Gasteiger partial charge in [-0.2, -0.15) is 0 Å². The number of aromatic nitrogens is 2. The average molecular weight is 398 g/mol. The van der Waals surface area contributed by atoms with Crippen LogP contribution in [0.3, 0.4) is 0 Å². The lowest BCUT2D eigenvalue weighted by atomic mass is 10.0. The largest absolute Gasteiger partial charge is 0.507 e. The van der Waals surface area contributed by atoms with Crippen molar-refractivity contribution in [2.75, 3.05) is 0 Å². The summed E-state index contributed by atoms with van der Waals surface area (Å²) >= 11 is 6.43. The standard InChI is InChI=1S/C24H16ClN3O/c25-20-11-10-16(13-18(20)24-27-21-7-3-4-8-22(21)28-24)26-14-19-17-6-2-1-5-15(17)9-12-23(19)29/h1-14,29H,(H,27,28). The van der Waals surface area contributed by atoms with Crippen molar-refractivity contribution >= 4 is 45.3 Å². The third-order valence-corrected chi connectivity index (χ3v) is 5.21. The molecule has 0 aliphatic rings. The van der Waals surface area contributed by atoms with E-state index in [4.69, 9.17) is 11.6 Å². The van der Waals surface area contributed by atoms with Crippen molar-refractivity contribution in [3.8, 4) is 17.1 Å². The first-order valence-corrected chi connectivity index (χ1v) is 9.56. The predicted molar refractivity (Wildman–Crippen MR) is 119 cm³/mol. The Morgan fingerprint density at radius 2 is 1.76 bits per heavy atom. The van der Waals surface area contributed by atoms with E-state index in [1.807, 2.05) is 66.7 Å². The zero-order chi connectivity index (χ0) is 19.8. The van der Waals surface area contributed by atoms with Crippen molar-refractivity contribution < 1.29 is 5.11 Å². The number of aromatic amines is 1. The summed E-state index contributed by atoms with van der Waals surface area (Å²) in [6.45, 7) is 0. The first-order valence-electron chi connectivity index (χ1n) is 9.18. The molecule has 0 aliphatic carbocycles. The van der Waals surface area contributed by atoms with Gasteiger partial charge in [-0.1, -0.05) is 54.1 Å². The molecule has 0 atom stereocenters. The SMILES string of the molecule is Oc1ccc2ccccc2c1C=Nc1ccc(Cl)c(-c2nc3ccccc3[nH]2)c1. The van der Waals surface area contributed by atoms with Crippen molar-refractivity contribution in [2.24, 2.45) is 4.99 Å². The molecule has 0 saturated carbocycles. The predicted octanol–water partition coefficient (Wildman–Crippen LogP) is 6.49. The van der Waals surface area contributed by atoms with E-state index in [9.17, 15) is 5.11 Å². The van der Waals surface area contributed by atoms with Crippen molar-refractivity contribution in [1.29, 1.82) is 0 Å². The Morgan fingerprint density at radius 1 is 0.931 bits per heavy atom. The third kappa shape index (κ3) is 3.24. The van der Waals surface area contributed by atoms with Crippen molar-refractivity contribution in [3.05, 3.63) is 89.4 Å². The number of para-hydroxylation sites is 2. The van der Waals surface area contributed by atoms with Gasteiger partial charge in [-0.3, -0.25) is 4.99 Å². The molecule has 0 amide bonds. The normalized spacial score (nSPS) is 11.6. The summed E-state index contributed by atoms with van der Waals surface area (Å²) in [6.07, 6.45) is 1.68. The lowest BCUT2D eigenvalue weighted by Crippen LogP contribution is -1.86. The quantitative estimate of drug-likeness (QED) is 0.341. The second-order valence-corrected chi connectivity index (χ2v) is 7.15. The number of aliphatic imine (C=N–C) groups is 1. The molecule has 5 aromatic rings. The van der Waals surface area contributed by atoms with Crippen LogP contribution in [0.5, 0.6) is 5.75 Å². The Bertz CT molecular complexity index is 1350. The molecule has 1 heterocycles. The lowest BCUT2D eigenvalue weighted by molar-refractivity contribution is 0.475. The Labute approximate surface area is 172 Å². The molecule has 0 saturated heterocycles. The second kappa shape index (κ2) is 7.08. The van der Waals surface area contributed by atoms with E-state index in [2.05, 4.69) is 15.0 Å². The molecule has 0 bridgehead atoms. The maximum atomic E-state index is 10.3. The molecule has 4 aromatic carbocycles. The number of phenolic OH excluding ortho intramolecular Hbond substituents is 1. The molecule has 140 valence electrons. The van der Waals surface area contributed by atoms with Gasteiger partial charge in [0.05, 0.1) is 21.7 Å². The summed E-state index contributed by atoms with van der Waals surface area (Å²) in [5, 5.41) is 12.9. The number of halogens is 1. The van der Waals surface area contributed by atoms with Crippen LogP contribution in [0.4, 0.5) is 5.69 Å². The van der Waals surface area contributed by atoms with Crippen LogP contribution < -0.4 is 0 Å². The number of hydrogen-bond donors (Lipinski definition) is 2. The van der Waals surface area contributed by atoms with Crippen LogP contribution in [-0.4, -0.2) is 21.3 Å². The minimum absolute atomic E-state index is 0.193. The van der Waals surface area contributed by atoms with Crippen LogP contribution in [0, 0.1) is 0 Å². The highest BCUT2D eigenvalue weighted by Crippen LogP contribution is 2.32. The average Bonchev–Trinajstić information content (AvgIpc) is 3.18. The van der Waals surface area contributed by atoms with Gasteiger partial charge in [0.1, 0.15) is 11.6 Å². The maximum absolute atomic E-state index is 10.3. The zero-order valence-corrected chi connectivity index (χ0v) is 16.1. The highest BCUT2D eigenvalue weighted by molar-refractivity contribution is 6.33. The van der Waals surface area contributed by atoms with Crippen molar-refractivity contribution in [1.82, 2.24) is 9.97 Å². The summed E-state index contributed by atoms with van der Waals surface area (Å²) in [7, 11) is 0. The molecular formula is C24H16ClN3O. The molecule has 5 rings (SSSR count). The van der Waals surface area contributed by atoms with E-state index in [-0.39, 0.29) is 5.75 Å². The number of imidazole rings is 1. The number of benzene rings is 4. The molecule has 1 aromatic heterocycles. The molecular weight excluding hydrogens is 382 g/mol. The van der Waals surface area contributed by atoms with E-state index in [0.29, 0.717) is 16.4 Å². The molecule has 0 spiro atoms. The smallest absolute Gasteiger partial charge is 0.140 e. The summed E-state index contributed by atoms with van der Waals surface area (Å²) in [5.74, 6) is 0.889. The van der Waals surface area contributed by atoms with Crippen molar-refractivity contribution in [3.63, 3.8) is 0 Å². The molecule has 0 fully saturated rings. The van der Waals surface area contributed by atoms with E-state index in [1.165, 1.54) is 0 Å². The van der Waals surface area contributed by atoms with E-state index < -0.39 is 0 Å². The van der Waals surface area contributed by atoms with Gasteiger partial charge < -0.3 is 10.1 Å². The highest BCUT2D eigenvalue weighted by Gasteiger charge is 2.10. The summed E-state index contributed by atoms with van der Waals surface area (Å²) in [6, 6.07) is 24.8. The number of phenols is 1. The van der Waals surface area contributed by atoms with Gasteiger partial charge in [0.25, 0.3) is 0 Å². The minimum Gasteiger partial charge on any atom is -0.507 e. The maximum Gasteiger partial charge on any atom is 0.140 e. The fourth-order valence-electron chi connectivity index (χ4n) is 3.41. The van der Waals surface area contributed by atoms with Gasteiger partial charge >= 0.3 is 0 Å². The number of fused-ring (bicyclic) bond motifs is 2. The van der Waals surface area contributed by atoms with Gasteiger partial charge in [0.2, 0.25) is 0 Å². The molecule has 0 aliphatic heterocycles. The molecule has 29 heavy (non-hydrogen) atoms. The minimum atomic E-state index is 0.193. The summed E-state index contributed by atoms with van der Waals surface area (Å²) in [4.78, 5) is 12.5. The van der Waals surface area contributed by atoms with Crippen LogP contribution in [0.1, 0.15) is 5.56 Å². The topological polar surface area (TPSA) is 61.3 Å². The van der Waals surface area contributed by atoms with Gasteiger partial charge in [-0.05, 0) is 47.2 Å². The van der Waals surface area contributed by atoms with Gasteiger partial charge in [0.15, 0.2) is 0 Å². The van der Waals surface area contributed by atoms with Crippen LogP contribution in [0.15, 0.2) is 83.9 Å². The highest BCUT2D eigenvalue weighted by atomic mass is 35.5. The number of H-pyrrole nitrogens is 1. The molecule has 4 nitrogen and oxygen atoms in total.